The number of piperazine rings is 1. The maximum atomic E-state index is 11.9. The molecule has 1 aromatic heterocycles. The molecule has 0 aliphatic carbocycles. The van der Waals surface area contributed by atoms with Crippen molar-refractivity contribution in [2.45, 2.75) is 13.3 Å². The molecule has 8 heteroatoms. The van der Waals surface area contributed by atoms with Gasteiger partial charge in [0.1, 0.15) is 6.33 Å². The number of hydrogen-bond donors (Lipinski definition) is 1. The molecule has 0 unspecified atom stereocenters. The van der Waals surface area contributed by atoms with Gasteiger partial charge in [-0.2, -0.15) is 0 Å². The van der Waals surface area contributed by atoms with Gasteiger partial charge < -0.3 is 4.90 Å². The van der Waals surface area contributed by atoms with Gasteiger partial charge >= 0.3 is 0 Å². The van der Waals surface area contributed by atoms with Gasteiger partial charge in [0.25, 0.3) is 11.1 Å². The monoisotopic (exact) mass is 459 g/mol. The highest BCUT2D eigenvalue weighted by Gasteiger charge is 2.25. The van der Waals surface area contributed by atoms with E-state index < -0.39 is 0 Å². The van der Waals surface area contributed by atoms with Crippen molar-refractivity contribution in [2.24, 2.45) is 0 Å². The zero-order chi connectivity index (χ0) is 22.8. The lowest BCUT2D eigenvalue weighted by atomic mass is 10.0. The molecule has 0 spiro atoms. The summed E-state index contributed by atoms with van der Waals surface area (Å²) in [7, 11) is 0. The van der Waals surface area contributed by atoms with Gasteiger partial charge in [0.2, 0.25) is 0 Å². The number of amides is 2. The average Bonchev–Trinajstić information content (AvgIpc) is 3.15. The molecule has 33 heavy (non-hydrogen) atoms. The van der Waals surface area contributed by atoms with Crippen molar-refractivity contribution >= 4 is 45.6 Å². The summed E-state index contributed by atoms with van der Waals surface area (Å²) in [5.41, 5.74) is 4.75. The molecule has 0 radical (unpaired) electrons. The lowest BCUT2D eigenvalue weighted by Gasteiger charge is -2.36. The zero-order valence-corrected chi connectivity index (χ0v) is 19.3. The summed E-state index contributed by atoms with van der Waals surface area (Å²) < 4.78 is 0. The summed E-state index contributed by atoms with van der Waals surface area (Å²) >= 11 is 0.917. The first-order valence-corrected chi connectivity index (χ1v) is 12.0. The molecule has 0 atom stereocenters. The van der Waals surface area contributed by atoms with Gasteiger partial charge in [0.05, 0.1) is 16.1 Å². The van der Waals surface area contributed by atoms with Crippen LogP contribution in [0.3, 0.4) is 0 Å². The number of thioether (sulfide) groups is 1. The molecule has 5 rings (SSSR count). The molecular weight excluding hydrogens is 434 g/mol. The van der Waals surface area contributed by atoms with Gasteiger partial charge in [-0.05, 0) is 60.6 Å². The smallest absolute Gasteiger partial charge is 0.290 e. The summed E-state index contributed by atoms with van der Waals surface area (Å²) in [6.45, 7) is 7.59. The fourth-order valence-corrected chi connectivity index (χ4v) is 5.04. The van der Waals surface area contributed by atoms with Gasteiger partial charge in [-0.15, -0.1) is 0 Å². The second kappa shape index (κ2) is 9.33. The van der Waals surface area contributed by atoms with Gasteiger partial charge in [0, 0.05) is 42.8 Å². The quantitative estimate of drug-likeness (QED) is 0.574. The Labute approximate surface area is 196 Å². The van der Waals surface area contributed by atoms with Crippen molar-refractivity contribution in [3.05, 3.63) is 59.3 Å². The number of nitrogens with zero attached hydrogens (tertiary/aromatic N) is 4. The highest BCUT2D eigenvalue weighted by Crippen LogP contribution is 2.31. The molecule has 1 N–H and O–H groups in total. The highest BCUT2D eigenvalue weighted by molar-refractivity contribution is 8.18. The third-order valence-corrected chi connectivity index (χ3v) is 6.81. The Morgan fingerprint density at radius 3 is 2.67 bits per heavy atom. The fourth-order valence-electron chi connectivity index (χ4n) is 4.36. The standard InChI is InChI=1S/C25H25N5O2S/c1-2-8-29-9-11-30(12-10-29)19-5-3-4-18(15-19)23-20-13-17(6-7-21(20)26-16-27-23)14-22-24(31)28-25(32)33-22/h3-7,13-16H,2,8-12H2,1H3,(H,28,31,32). The summed E-state index contributed by atoms with van der Waals surface area (Å²) in [6, 6.07) is 14.3. The van der Waals surface area contributed by atoms with E-state index >= 15 is 0 Å². The van der Waals surface area contributed by atoms with Crippen LogP contribution in [0.4, 0.5) is 10.5 Å². The van der Waals surface area contributed by atoms with E-state index in [1.807, 2.05) is 18.2 Å². The van der Waals surface area contributed by atoms with Crippen LogP contribution in [0.25, 0.3) is 28.2 Å². The molecular formula is C25H25N5O2S. The Bertz CT molecular complexity index is 1250. The topological polar surface area (TPSA) is 78.4 Å². The summed E-state index contributed by atoms with van der Waals surface area (Å²) in [6.07, 6.45) is 4.51. The van der Waals surface area contributed by atoms with E-state index in [2.05, 4.69) is 56.3 Å². The van der Waals surface area contributed by atoms with Crippen LogP contribution in [0.15, 0.2) is 53.7 Å². The van der Waals surface area contributed by atoms with Crippen LogP contribution < -0.4 is 10.2 Å². The molecule has 3 heterocycles. The third kappa shape index (κ3) is 4.62. The van der Waals surface area contributed by atoms with Crippen LogP contribution in [0, 0.1) is 0 Å². The predicted octanol–water partition coefficient (Wildman–Crippen LogP) is 4.15. The van der Waals surface area contributed by atoms with Crippen molar-refractivity contribution in [3.8, 4) is 11.3 Å². The number of carbonyl (C=O) groups excluding carboxylic acids is 2. The molecule has 2 amide bonds. The van der Waals surface area contributed by atoms with Crippen molar-refractivity contribution < 1.29 is 9.59 Å². The number of hydrogen-bond acceptors (Lipinski definition) is 7. The first-order valence-electron chi connectivity index (χ1n) is 11.2. The maximum Gasteiger partial charge on any atom is 0.290 e. The summed E-state index contributed by atoms with van der Waals surface area (Å²) in [5, 5.41) is 2.86. The highest BCUT2D eigenvalue weighted by atomic mass is 32.2. The van der Waals surface area contributed by atoms with Crippen molar-refractivity contribution in [2.75, 3.05) is 37.6 Å². The Balaban J connectivity index is 1.46. The minimum Gasteiger partial charge on any atom is -0.369 e. The molecule has 168 valence electrons. The SMILES string of the molecule is CCCN1CCN(c2cccc(-c3ncnc4ccc(C=C5SC(=O)NC5=O)cc34)c2)CC1. The number of aromatic nitrogens is 2. The van der Waals surface area contributed by atoms with Gasteiger partial charge in [-0.1, -0.05) is 25.1 Å². The second-order valence-corrected chi connectivity index (χ2v) is 9.24. The van der Waals surface area contributed by atoms with Gasteiger partial charge in [-0.3, -0.25) is 19.8 Å². The summed E-state index contributed by atoms with van der Waals surface area (Å²) in [4.78, 5) is 37.8. The summed E-state index contributed by atoms with van der Waals surface area (Å²) in [5.74, 6) is -0.360. The second-order valence-electron chi connectivity index (χ2n) is 8.23. The van der Waals surface area contributed by atoms with E-state index in [-0.39, 0.29) is 11.1 Å². The van der Waals surface area contributed by atoms with E-state index in [4.69, 9.17) is 0 Å². The Morgan fingerprint density at radius 1 is 1.06 bits per heavy atom. The molecule has 2 aliphatic heterocycles. The van der Waals surface area contributed by atoms with Gasteiger partial charge in [-0.25, -0.2) is 9.97 Å². The molecule has 2 saturated heterocycles. The zero-order valence-electron chi connectivity index (χ0n) is 18.5. The average molecular weight is 460 g/mol. The number of carbonyl (C=O) groups is 2. The lowest BCUT2D eigenvalue weighted by Crippen LogP contribution is -2.46. The number of rotatable bonds is 5. The predicted molar refractivity (Wildman–Crippen MR) is 133 cm³/mol. The number of nitrogens with one attached hydrogen (secondary N) is 1. The van der Waals surface area contributed by atoms with Crippen LogP contribution in [-0.4, -0.2) is 58.7 Å². The van der Waals surface area contributed by atoms with E-state index in [1.165, 1.54) is 12.1 Å². The van der Waals surface area contributed by atoms with E-state index in [0.29, 0.717) is 4.91 Å². The normalized spacial score (nSPS) is 18.3. The van der Waals surface area contributed by atoms with Crippen LogP contribution in [0.5, 0.6) is 0 Å². The van der Waals surface area contributed by atoms with Crippen LogP contribution >= 0.6 is 11.8 Å². The van der Waals surface area contributed by atoms with Crippen molar-refractivity contribution in [1.82, 2.24) is 20.2 Å². The minimum atomic E-state index is -0.360. The van der Waals surface area contributed by atoms with Crippen LogP contribution in [0.1, 0.15) is 18.9 Å². The van der Waals surface area contributed by atoms with Gasteiger partial charge in [0.15, 0.2) is 0 Å². The molecule has 2 fully saturated rings. The van der Waals surface area contributed by atoms with Crippen molar-refractivity contribution in [3.63, 3.8) is 0 Å². The molecule has 0 saturated carbocycles. The first kappa shape index (κ1) is 21.6. The van der Waals surface area contributed by atoms with E-state index in [0.717, 1.165) is 72.2 Å². The maximum absolute atomic E-state index is 11.9. The van der Waals surface area contributed by atoms with E-state index in [9.17, 15) is 9.59 Å². The first-order chi connectivity index (χ1) is 16.1. The molecule has 2 aromatic carbocycles. The molecule has 0 bridgehead atoms. The lowest BCUT2D eigenvalue weighted by molar-refractivity contribution is -0.115. The van der Waals surface area contributed by atoms with Crippen LogP contribution in [0.2, 0.25) is 0 Å². The Morgan fingerprint density at radius 2 is 1.91 bits per heavy atom. The molecule has 2 aliphatic rings. The minimum absolute atomic E-state index is 0.344. The number of fused-ring (bicyclic) bond motifs is 1. The van der Waals surface area contributed by atoms with E-state index in [1.54, 1.807) is 12.4 Å². The number of benzene rings is 2. The van der Waals surface area contributed by atoms with Crippen LogP contribution in [-0.2, 0) is 4.79 Å². The number of imide groups is 1. The Hall–Kier alpha value is -3.23. The molecule has 7 nitrogen and oxygen atoms in total. The fraction of sp³-hybridized carbons (Fsp3) is 0.280. The number of anilines is 1. The van der Waals surface area contributed by atoms with Crippen molar-refractivity contribution in [1.29, 1.82) is 0 Å². The Kier molecular flexibility index (Phi) is 6.11. The third-order valence-electron chi connectivity index (χ3n) is 6.00. The largest absolute Gasteiger partial charge is 0.369 e. The molecule has 3 aromatic rings.